The highest BCUT2D eigenvalue weighted by molar-refractivity contribution is 5.70. The molecule has 1 unspecified atom stereocenters. The van der Waals surface area contributed by atoms with Crippen LogP contribution in [0.3, 0.4) is 0 Å². The van der Waals surface area contributed by atoms with E-state index in [1.54, 1.807) is 12.2 Å². The molecular formula is C19H17FO4. The Bertz CT molecular complexity index is 753. The first-order chi connectivity index (χ1) is 11.5. The van der Waals surface area contributed by atoms with Crippen LogP contribution < -0.4 is 4.74 Å². The van der Waals surface area contributed by atoms with Gasteiger partial charge in [0.25, 0.3) is 0 Å². The van der Waals surface area contributed by atoms with E-state index in [4.69, 9.17) is 9.47 Å². The maximum atomic E-state index is 13.5. The van der Waals surface area contributed by atoms with Gasteiger partial charge in [-0.2, -0.15) is 0 Å². The zero-order valence-corrected chi connectivity index (χ0v) is 13.4. The highest BCUT2D eigenvalue weighted by Gasteiger charge is 2.18. The van der Waals surface area contributed by atoms with Crippen LogP contribution in [0.1, 0.15) is 31.1 Å². The van der Waals surface area contributed by atoms with E-state index in [0.717, 1.165) is 11.6 Å². The molecule has 2 aromatic rings. The van der Waals surface area contributed by atoms with Crippen LogP contribution in [-0.2, 0) is 14.3 Å². The Balaban J connectivity index is 2.39. The third kappa shape index (κ3) is 5.05. The zero-order chi connectivity index (χ0) is 17.5. The Morgan fingerprint density at radius 2 is 1.75 bits per heavy atom. The van der Waals surface area contributed by atoms with Crippen molar-refractivity contribution in [3.8, 4) is 5.75 Å². The summed E-state index contributed by atoms with van der Waals surface area (Å²) in [5.74, 6) is -1.62. The van der Waals surface area contributed by atoms with Crippen molar-refractivity contribution in [1.29, 1.82) is 0 Å². The molecule has 0 aromatic heterocycles. The molecule has 2 rings (SSSR count). The van der Waals surface area contributed by atoms with Crippen LogP contribution in [0.4, 0.5) is 4.39 Å². The molecule has 0 saturated carbocycles. The van der Waals surface area contributed by atoms with Crippen LogP contribution >= 0.6 is 0 Å². The molecule has 0 N–H and O–H groups in total. The molecule has 0 aliphatic carbocycles. The molecule has 4 nitrogen and oxygen atoms in total. The molecule has 0 heterocycles. The van der Waals surface area contributed by atoms with Crippen LogP contribution in [-0.4, -0.2) is 11.9 Å². The lowest BCUT2D eigenvalue weighted by molar-refractivity contribution is -0.144. The Morgan fingerprint density at radius 3 is 2.38 bits per heavy atom. The highest BCUT2D eigenvalue weighted by atomic mass is 19.1. The van der Waals surface area contributed by atoms with Crippen molar-refractivity contribution in [2.75, 3.05) is 0 Å². The largest absolute Gasteiger partial charge is 0.453 e. The lowest BCUT2D eigenvalue weighted by atomic mass is 10.1. The van der Waals surface area contributed by atoms with Gasteiger partial charge in [0.15, 0.2) is 0 Å². The molecule has 0 bridgehead atoms. The van der Waals surface area contributed by atoms with Gasteiger partial charge in [-0.05, 0) is 23.8 Å². The lowest BCUT2D eigenvalue weighted by Gasteiger charge is -2.17. The number of carbonyl (C=O) groups excluding carboxylic acids is 2. The first-order valence-electron chi connectivity index (χ1n) is 7.34. The van der Waals surface area contributed by atoms with Gasteiger partial charge in [-0.3, -0.25) is 9.59 Å². The molecule has 0 radical (unpaired) electrons. The van der Waals surface area contributed by atoms with Crippen molar-refractivity contribution in [3.05, 3.63) is 71.6 Å². The minimum atomic E-state index is -0.808. The fraction of sp³-hybridized carbons (Fsp3) is 0.158. The van der Waals surface area contributed by atoms with Gasteiger partial charge in [-0.1, -0.05) is 36.4 Å². The summed E-state index contributed by atoms with van der Waals surface area (Å²) < 4.78 is 23.8. The van der Waals surface area contributed by atoms with Crippen molar-refractivity contribution in [2.24, 2.45) is 0 Å². The van der Waals surface area contributed by atoms with Crippen LogP contribution in [0, 0.1) is 5.82 Å². The molecular weight excluding hydrogens is 311 g/mol. The summed E-state index contributed by atoms with van der Waals surface area (Å²) in [5.41, 5.74) is 1.29. The fourth-order valence-corrected chi connectivity index (χ4v) is 2.13. The predicted octanol–water partition coefficient (Wildman–Crippen LogP) is 4.07. The van der Waals surface area contributed by atoms with Crippen LogP contribution in [0.2, 0.25) is 0 Å². The number of rotatable bonds is 5. The molecule has 0 aliphatic rings. The summed E-state index contributed by atoms with van der Waals surface area (Å²) in [6.07, 6.45) is 2.61. The third-order valence-electron chi connectivity index (χ3n) is 3.09. The van der Waals surface area contributed by atoms with E-state index in [9.17, 15) is 14.0 Å². The monoisotopic (exact) mass is 328 g/mol. The van der Waals surface area contributed by atoms with Crippen LogP contribution in [0.15, 0.2) is 54.6 Å². The van der Waals surface area contributed by atoms with Gasteiger partial charge in [0.2, 0.25) is 0 Å². The minimum absolute atomic E-state index is 0.0199. The zero-order valence-electron chi connectivity index (χ0n) is 13.4. The van der Waals surface area contributed by atoms with E-state index in [1.165, 1.54) is 26.0 Å². The van der Waals surface area contributed by atoms with E-state index in [-0.39, 0.29) is 5.75 Å². The third-order valence-corrected chi connectivity index (χ3v) is 3.09. The second-order valence-corrected chi connectivity index (χ2v) is 5.08. The van der Waals surface area contributed by atoms with Crippen molar-refractivity contribution in [2.45, 2.75) is 20.0 Å². The highest BCUT2D eigenvalue weighted by Crippen LogP contribution is 2.30. The normalized spacial score (nSPS) is 12.0. The Kier molecular flexibility index (Phi) is 5.84. The Hall–Kier alpha value is -2.95. The molecule has 0 spiro atoms. The molecule has 0 fully saturated rings. The van der Waals surface area contributed by atoms with Crippen LogP contribution in [0.25, 0.3) is 6.08 Å². The smallest absolute Gasteiger partial charge is 0.308 e. The van der Waals surface area contributed by atoms with E-state index in [1.807, 2.05) is 30.3 Å². The SMILES string of the molecule is CC(=O)Oc1cc(F)ccc1C(C=Cc1ccccc1)OC(C)=O. The first kappa shape index (κ1) is 17.4. The van der Waals surface area contributed by atoms with Gasteiger partial charge < -0.3 is 9.47 Å². The number of benzene rings is 2. The number of halogens is 1. The topological polar surface area (TPSA) is 52.6 Å². The average Bonchev–Trinajstić information content (AvgIpc) is 2.52. The van der Waals surface area contributed by atoms with Gasteiger partial charge >= 0.3 is 11.9 Å². The summed E-state index contributed by atoms with van der Waals surface area (Å²) in [4.78, 5) is 22.6. The lowest BCUT2D eigenvalue weighted by Crippen LogP contribution is -2.10. The fourth-order valence-electron chi connectivity index (χ4n) is 2.13. The van der Waals surface area contributed by atoms with E-state index in [0.29, 0.717) is 5.56 Å². The number of ether oxygens (including phenoxy) is 2. The summed E-state index contributed by atoms with van der Waals surface area (Å²) >= 11 is 0. The number of esters is 2. The second kappa shape index (κ2) is 8.06. The van der Waals surface area contributed by atoms with Gasteiger partial charge in [0.1, 0.15) is 17.7 Å². The molecule has 0 aliphatic heterocycles. The molecule has 1 atom stereocenters. The first-order valence-corrected chi connectivity index (χ1v) is 7.34. The molecule has 124 valence electrons. The van der Waals surface area contributed by atoms with E-state index in [2.05, 4.69) is 0 Å². The summed E-state index contributed by atoms with van der Waals surface area (Å²) in [5, 5.41) is 0. The van der Waals surface area contributed by atoms with Crippen molar-refractivity contribution in [3.63, 3.8) is 0 Å². The van der Waals surface area contributed by atoms with E-state index >= 15 is 0 Å². The summed E-state index contributed by atoms with van der Waals surface area (Å²) in [6.45, 7) is 2.49. The van der Waals surface area contributed by atoms with Gasteiger partial charge in [-0.25, -0.2) is 4.39 Å². The Morgan fingerprint density at radius 1 is 1.04 bits per heavy atom. The van der Waals surface area contributed by atoms with Crippen molar-refractivity contribution < 1.29 is 23.5 Å². The summed E-state index contributed by atoms with van der Waals surface area (Å²) in [7, 11) is 0. The average molecular weight is 328 g/mol. The number of hydrogen-bond acceptors (Lipinski definition) is 4. The second-order valence-electron chi connectivity index (χ2n) is 5.08. The molecule has 24 heavy (non-hydrogen) atoms. The predicted molar refractivity (Wildman–Crippen MR) is 87.7 cm³/mol. The summed E-state index contributed by atoms with van der Waals surface area (Å²) in [6, 6.07) is 13.2. The van der Waals surface area contributed by atoms with Gasteiger partial charge in [0, 0.05) is 25.5 Å². The van der Waals surface area contributed by atoms with Gasteiger partial charge in [-0.15, -0.1) is 0 Å². The quantitative estimate of drug-likeness (QED) is 0.613. The maximum absolute atomic E-state index is 13.5. The van der Waals surface area contributed by atoms with Crippen molar-refractivity contribution in [1.82, 2.24) is 0 Å². The molecule has 0 amide bonds. The van der Waals surface area contributed by atoms with Crippen molar-refractivity contribution >= 4 is 18.0 Å². The van der Waals surface area contributed by atoms with Crippen LogP contribution in [0.5, 0.6) is 5.75 Å². The molecule has 2 aromatic carbocycles. The number of hydrogen-bond donors (Lipinski definition) is 0. The maximum Gasteiger partial charge on any atom is 0.308 e. The molecule has 5 heteroatoms. The number of carbonyl (C=O) groups is 2. The van der Waals surface area contributed by atoms with Gasteiger partial charge in [0.05, 0.1) is 0 Å². The van der Waals surface area contributed by atoms with E-state index < -0.39 is 23.9 Å². The minimum Gasteiger partial charge on any atom is -0.453 e. The molecule has 0 saturated heterocycles. The Labute approximate surface area is 139 Å². The standard InChI is InChI=1S/C19H17FO4/c1-13(21)23-18(11-8-15-6-4-3-5-7-15)17-10-9-16(20)12-19(17)24-14(2)22/h3-12,18H,1-2H3.